The van der Waals surface area contributed by atoms with Crippen molar-refractivity contribution in [3.05, 3.63) is 108 Å². The molecular formula is C28H21F3N2O2. The number of aromatic nitrogens is 2. The smallest absolute Gasteiger partial charge is 0.416 e. The molecule has 0 aliphatic rings. The van der Waals surface area contributed by atoms with Crippen LogP contribution in [0.1, 0.15) is 22.7 Å². The molecular weight excluding hydrogens is 453 g/mol. The van der Waals surface area contributed by atoms with Gasteiger partial charge in [-0.05, 0) is 65.2 Å². The van der Waals surface area contributed by atoms with E-state index in [1.165, 1.54) is 12.1 Å². The Balaban J connectivity index is 1.30. The summed E-state index contributed by atoms with van der Waals surface area (Å²) in [6, 6.07) is 21.2. The van der Waals surface area contributed by atoms with Crippen LogP contribution in [-0.4, -0.2) is 16.7 Å². The zero-order valence-corrected chi connectivity index (χ0v) is 18.8. The lowest BCUT2D eigenvalue weighted by Gasteiger charge is -2.07. The van der Waals surface area contributed by atoms with Gasteiger partial charge >= 0.3 is 6.18 Å². The first-order valence-electron chi connectivity index (χ1n) is 10.9. The topological polar surface area (TPSA) is 40.2 Å². The number of hydrogen-bond acceptors (Lipinski definition) is 3. The van der Waals surface area contributed by atoms with Gasteiger partial charge in [-0.15, -0.1) is 0 Å². The highest BCUT2D eigenvalue weighted by Gasteiger charge is 2.29. The molecule has 0 saturated heterocycles. The molecule has 0 spiro atoms. The van der Waals surface area contributed by atoms with E-state index in [1.807, 2.05) is 24.4 Å². The number of methoxy groups -OCH3 is 1. The minimum absolute atomic E-state index is 0.386. The van der Waals surface area contributed by atoms with Crippen molar-refractivity contribution in [1.82, 2.24) is 9.55 Å². The molecule has 5 rings (SSSR count). The summed E-state index contributed by atoms with van der Waals surface area (Å²) < 4.78 is 51.0. The molecule has 2 aromatic heterocycles. The summed E-state index contributed by atoms with van der Waals surface area (Å²) in [7, 11) is 1.66. The van der Waals surface area contributed by atoms with Crippen molar-refractivity contribution < 1.29 is 22.3 Å². The maximum Gasteiger partial charge on any atom is 0.416 e. The van der Waals surface area contributed by atoms with Gasteiger partial charge in [-0.25, -0.2) is 4.98 Å². The van der Waals surface area contributed by atoms with Gasteiger partial charge in [-0.2, -0.15) is 13.2 Å². The maximum atomic E-state index is 12.7. The fraction of sp³-hybridized carbons (Fsp3) is 0.107. The summed E-state index contributed by atoms with van der Waals surface area (Å²) >= 11 is 0. The molecule has 0 N–H and O–H groups in total. The highest BCUT2D eigenvalue weighted by molar-refractivity contribution is 5.86. The zero-order valence-electron chi connectivity index (χ0n) is 18.8. The van der Waals surface area contributed by atoms with Crippen molar-refractivity contribution in [1.29, 1.82) is 0 Å². The third kappa shape index (κ3) is 4.99. The number of nitrogens with zero attached hydrogens (tertiary/aromatic N) is 2. The second kappa shape index (κ2) is 9.18. The van der Waals surface area contributed by atoms with E-state index in [0.29, 0.717) is 18.0 Å². The summed E-state index contributed by atoms with van der Waals surface area (Å²) in [5.41, 5.74) is 3.95. The van der Waals surface area contributed by atoms with E-state index in [9.17, 15) is 13.2 Å². The minimum atomic E-state index is -4.35. The highest BCUT2D eigenvalue weighted by atomic mass is 19.4. The van der Waals surface area contributed by atoms with Gasteiger partial charge in [0, 0.05) is 23.2 Å². The van der Waals surface area contributed by atoms with Crippen LogP contribution in [0.25, 0.3) is 34.2 Å². The van der Waals surface area contributed by atoms with Crippen LogP contribution in [0.15, 0.2) is 89.7 Å². The van der Waals surface area contributed by atoms with Gasteiger partial charge in [-0.1, -0.05) is 30.3 Å². The van der Waals surface area contributed by atoms with Gasteiger partial charge in [0.25, 0.3) is 0 Å². The van der Waals surface area contributed by atoms with Crippen molar-refractivity contribution >= 4 is 23.1 Å². The van der Waals surface area contributed by atoms with Gasteiger partial charge in [0.05, 0.1) is 24.9 Å². The molecule has 0 aliphatic carbocycles. The molecule has 35 heavy (non-hydrogen) atoms. The lowest BCUT2D eigenvalue weighted by molar-refractivity contribution is -0.137. The van der Waals surface area contributed by atoms with Gasteiger partial charge in [-0.3, -0.25) is 0 Å². The molecule has 2 heterocycles. The normalized spacial score (nSPS) is 12.0. The van der Waals surface area contributed by atoms with Gasteiger partial charge < -0.3 is 13.7 Å². The van der Waals surface area contributed by atoms with Crippen LogP contribution in [-0.2, 0) is 12.7 Å². The number of halogens is 3. The Kier molecular flexibility index (Phi) is 5.91. The predicted octanol–water partition coefficient (Wildman–Crippen LogP) is 7.54. The second-order valence-corrected chi connectivity index (χ2v) is 8.08. The summed E-state index contributed by atoms with van der Waals surface area (Å²) in [6.07, 6.45) is 2.55. The van der Waals surface area contributed by atoms with Crippen molar-refractivity contribution in [2.75, 3.05) is 7.11 Å². The molecule has 0 fully saturated rings. The average Bonchev–Trinajstić information content (AvgIpc) is 3.49. The van der Waals surface area contributed by atoms with Crippen LogP contribution in [0, 0.1) is 0 Å². The Morgan fingerprint density at radius 1 is 0.943 bits per heavy atom. The number of fused-ring (bicyclic) bond motifs is 1. The van der Waals surface area contributed by atoms with Gasteiger partial charge in [0.15, 0.2) is 0 Å². The molecule has 0 amide bonds. The molecule has 3 aromatic carbocycles. The van der Waals surface area contributed by atoms with E-state index in [2.05, 4.69) is 39.9 Å². The maximum absolute atomic E-state index is 12.7. The first kappa shape index (κ1) is 22.5. The summed E-state index contributed by atoms with van der Waals surface area (Å²) in [5.74, 6) is 1.20. The molecule has 5 aromatic rings. The number of oxazole rings is 1. The molecule has 0 atom stereocenters. The van der Waals surface area contributed by atoms with Gasteiger partial charge in [0.2, 0.25) is 5.89 Å². The standard InChI is InChI=1S/C28H21F3N2O2/c1-34-25-4-2-3-20(16-25)21-8-11-26-22(15-21)13-14-33(26)17-24-18-35-27(32-24)12-7-19-5-9-23(10-6-19)28(29,30)31/h2-16,18H,17H2,1H3. The monoisotopic (exact) mass is 474 g/mol. The zero-order chi connectivity index (χ0) is 24.4. The summed E-state index contributed by atoms with van der Waals surface area (Å²) in [5, 5.41) is 1.11. The molecule has 7 heteroatoms. The number of ether oxygens (including phenoxy) is 1. The van der Waals surface area contributed by atoms with E-state index in [4.69, 9.17) is 9.15 Å². The van der Waals surface area contributed by atoms with Crippen LogP contribution in [0.5, 0.6) is 5.75 Å². The first-order chi connectivity index (χ1) is 16.9. The van der Waals surface area contributed by atoms with E-state index < -0.39 is 11.7 Å². The lowest BCUT2D eigenvalue weighted by Crippen LogP contribution is -2.03. The number of hydrogen-bond donors (Lipinski definition) is 0. The van der Waals surface area contributed by atoms with E-state index in [-0.39, 0.29) is 0 Å². The Bertz CT molecular complexity index is 1490. The second-order valence-electron chi connectivity index (χ2n) is 8.08. The van der Waals surface area contributed by atoms with Crippen LogP contribution in [0.2, 0.25) is 0 Å². The van der Waals surface area contributed by atoms with Crippen molar-refractivity contribution in [3.8, 4) is 16.9 Å². The SMILES string of the molecule is COc1cccc(-c2ccc3c(ccn3Cc3coc(C=Cc4ccc(C(F)(F)F)cc4)n3)c2)c1. The van der Waals surface area contributed by atoms with E-state index in [0.717, 1.165) is 45.6 Å². The Hall–Kier alpha value is -4.26. The third-order valence-corrected chi connectivity index (χ3v) is 5.73. The van der Waals surface area contributed by atoms with Crippen molar-refractivity contribution in [3.63, 3.8) is 0 Å². The molecule has 176 valence electrons. The lowest BCUT2D eigenvalue weighted by atomic mass is 10.0. The number of alkyl halides is 3. The Morgan fingerprint density at radius 3 is 2.51 bits per heavy atom. The molecule has 0 aliphatic heterocycles. The summed E-state index contributed by atoms with van der Waals surface area (Å²) in [6.45, 7) is 0.527. The summed E-state index contributed by atoms with van der Waals surface area (Å²) in [4.78, 5) is 4.48. The molecule has 0 unspecified atom stereocenters. The fourth-order valence-corrected chi connectivity index (χ4v) is 3.92. The largest absolute Gasteiger partial charge is 0.497 e. The van der Waals surface area contributed by atoms with E-state index in [1.54, 1.807) is 25.5 Å². The average molecular weight is 474 g/mol. The molecule has 0 radical (unpaired) electrons. The van der Waals surface area contributed by atoms with Gasteiger partial charge in [0.1, 0.15) is 12.0 Å². The Labute approximate surface area is 199 Å². The molecule has 0 saturated carbocycles. The van der Waals surface area contributed by atoms with E-state index >= 15 is 0 Å². The predicted molar refractivity (Wildman–Crippen MR) is 130 cm³/mol. The quantitative estimate of drug-likeness (QED) is 0.255. The fourth-order valence-electron chi connectivity index (χ4n) is 3.92. The first-order valence-corrected chi connectivity index (χ1v) is 10.9. The van der Waals surface area contributed by atoms with Crippen LogP contribution >= 0.6 is 0 Å². The molecule has 4 nitrogen and oxygen atoms in total. The van der Waals surface area contributed by atoms with Crippen LogP contribution in [0.3, 0.4) is 0 Å². The number of benzene rings is 3. The van der Waals surface area contributed by atoms with Crippen molar-refractivity contribution in [2.45, 2.75) is 12.7 Å². The molecule has 0 bridgehead atoms. The van der Waals surface area contributed by atoms with Crippen LogP contribution in [0.4, 0.5) is 13.2 Å². The highest BCUT2D eigenvalue weighted by Crippen LogP contribution is 2.30. The van der Waals surface area contributed by atoms with Crippen molar-refractivity contribution in [2.24, 2.45) is 0 Å². The Morgan fingerprint density at radius 2 is 1.74 bits per heavy atom. The number of rotatable bonds is 6. The third-order valence-electron chi connectivity index (χ3n) is 5.73. The van der Waals surface area contributed by atoms with Crippen LogP contribution < -0.4 is 4.74 Å². The minimum Gasteiger partial charge on any atom is -0.497 e.